The fraction of sp³-hybridized carbons (Fsp3) is 0.667. The summed E-state index contributed by atoms with van der Waals surface area (Å²) < 4.78 is 18.8. The van der Waals surface area contributed by atoms with Crippen molar-refractivity contribution < 1.29 is 9.13 Å². The number of benzene rings is 1. The first-order valence-electron chi connectivity index (χ1n) is 8.22. The predicted molar refractivity (Wildman–Crippen MR) is 80.8 cm³/mol. The number of likely N-dealkylation sites (N-methyl/N-ethyl adjacent to an activating group) is 1. The molecule has 0 aliphatic heterocycles. The van der Waals surface area contributed by atoms with E-state index in [2.05, 4.69) is 12.4 Å². The van der Waals surface area contributed by atoms with Crippen LogP contribution < -0.4 is 10.1 Å². The first-order valence-corrected chi connectivity index (χ1v) is 8.22. The molecule has 3 fully saturated rings. The van der Waals surface area contributed by atoms with E-state index < -0.39 is 0 Å². The molecule has 5 atom stereocenters. The van der Waals surface area contributed by atoms with Gasteiger partial charge in [-0.25, -0.2) is 4.39 Å². The molecule has 3 heteroatoms. The van der Waals surface area contributed by atoms with E-state index in [9.17, 15) is 4.39 Å². The van der Waals surface area contributed by atoms with Gasteiger partial charge in [0.2, 0.25) is 0 Å². The van der Waals surface area contributed by atoms with Crippen molar-refractivity contribution in [1.82, 2.24) is 5.32 Å². The van der Waals surface area contributed by atoms with Crippen LogP contribution in [0.3, 0.4) is 0 Å². The molecular formula is C18H24FNO. The molecule has 4 rings (SSSR count). The van der Waals surface area contributed by atoms with Gasteiger partial charge in [-0.3, -0.25) is 0 Å². The van der Waals surface area contributed by atoms with E-state index in [0.717, 1.165) is 41.6 Å². The van der Waals surface area contributed by atoms with Crippen molar-refractivity contribution in [2.24, 2.45) is 29.6 Å². The highest BCUT2D eigenvalue weighted by Gasteiger charge is 2.66. The van der Waals surface area contributed by atoms with E-state index in [0.29, 0.717) is 11.8 Å². The maximum absolute atomic E-state index is 13.8. The van der Waals surface area contributed by atoms with Crippen molar-refractivity contribution in [3.63, 3.8) is 0 Å². The van der Waals surface area contributed by atoms with Crippen LogP contribution in [0.25, 0.3) is 0 Å². The lowest BCUT2D eigenvalue weighted by atomic mass is 9.93. The van der Waals surface area contributed by atoms with Crippen LogP contribution in [0.15, 0.2) is 18.2 Å². The molecule has 0 radical (unpaired) electrons. The van der Waals surface area contributed by atoms with Crippen LogP contribution >= 0.6 is 0 Å². The highest BCUT2D eigenvalue weighted by molar-refractivity contribution is 5.30. The molecule has 114 valence electrons. The molecule has 0 heterocycles. The Balaban J connectivity index is 1.47. The molecule has 3 saturated carbocycles. The van der Waals surface area contributed by atoms with Gasteiger partial charge in [0, 0.05) is 6.04 Å². The zero-order valence-corrected chi connectivity index (χ0v) is 12.8. The van der Waals surface area contributed by atoms with Gasteiger partial charge in [-0.15, -0.1) is 0 Å². The second-order valence-electron chi connectivity index (χ2n) is 7.13. The van der Waals surface area contributed by atoms with Crippen molar-refractivity contribution >= 4 is 0 Å². The Kier molecular flexibility index (Phi) is 3.21. The van der Waals surface area contributed by atoms with E-state index in [1.807, 2.05) is 6.07 Å². The summed E-state index contributed by atoms with van der Waals surface area (Å²) in [6.07, 6.45) is 5.32. The van der Waals surface area contributed by atoms with E-state index in [4.69, 9.17) is 4.74 Å². The monoisotopic (exact) mass is 289 g/mol. The fourth-order valence-electron chi connectivity index (χ4n) is 5.45. The van der Waals surface area contributed by atoms with Crippen LogP contribution in [0.5, 0.6) is 5.75 Å². The molecule has 5 unspecified atom stereocenters. The van der Waals surface area contributed by atoms with Crippen molar-refractivity contribution in [3.8, 4) is 5.75 Å². The second kappa shape index (κ2) is 4.98. The van der Waals surface area contributed by atoms with E-state index in [1.54, 1.807) is 12.1 Å². The summed E-state index contributed by atoms with van der Waals surface area (Å²) in [6, 6.07) is 5.88. The Morgan fingerprint density at radius 3 is 2.57 bits per heavy atom. The Hall–Kier alpha value is -1.09. The van der Waals surface area contributed by atoms with E-state index in [1.165, 1.54) is 26.4 Å². The largest absolute Gasteiger partial charge is 0.494 e. The summed E-state index contributed by atoms with van der Waals surface area (Å²) in [5.74, 6) is 4.82. The summed E-state index contributed by atoms with van der Waals surface area (Å²) >= 11 is 0. The SMILES string of the molecule is CNC(Cc1ccc(OC)c(F)c1)C1C2C3CCC(C3)C21. The number of rotatable bonds is 5. The van der Waals surface area contributed by atoms with Crippen LogP contribution in [0.4, 0.5) is 4.39 Å². The fourth-order valence-corrected chi connectivity index (χ4v) is 5.45. The maximum atomic E-state index is 13.8. The first kappa shape index (κ1) is 13.6. The first-order chi connectivity index (χ1) is 10.2. The van der Waals surface area contributed by atoms with Gasteiger partial charge >= 0.3 is 0 Å². The number of methoxy groups -OCH3 is 1. The van der Waals surface area contributed by atoms with Crippen molar-refractivity contribution in [2.45, 2.75) is 31.7 Å². The molecule has 3 aliphatic carbocycles. The third-order valence-electron chi connectivity index (χ3n) is 6.30. The Bertz CT molecular complexity index is 530. The average Bonchev–Trinajstić information content (AvgIpc) is 2.91. The van der Waals surface area contributed by atoms with Crippen LogP contribution in [-0.2, 0) is 6.42 Å². The van der Waals surface area contributed by atoms with Crippen molar-refractivity contribution in [3.05, 3.63) is 29.6 Å². The van der Waals surface area contributed by atoms with Gasteiger partial charge in [0.05, 0.1) is 7.11 Å². The third-order valence-corrected chi connectivity index (χ3v) is 6.30. The number of nitrogens with one attached hydrogen (secondary N) is 1. The Morgan fingerprint density at radius 2 is 2.00 bits per heavy atom. The van der Waals surface area contributed by atoms with Gasteiger partial charge in [-0.2, -0.15) is 0 Å². The molecule has 1 aromatic rings. The van der Waals surface area contributed by atoms with Gasteiger partial charge in [0.15, 0.2) is 11.6 Å². The molecule has 0 amide bonds. The minimum atomic E-state index is -0.249. The molecule has 21 heavy (non-hydrogen) atoms. The van der Waals surface area contributed by atoms with Crippen LogP contribution in [-0.4, -0.2) is 20.2 Å². The van der Waals surface area contributed by atoms with Gasteiger partial charge in [0.25, 0.3) is 0 Å². The van der Waals surface area contributed by atoms with Gasteiger partial charge in [-0.1, -0.05) is 6.07 Å². The lowest BCUT2D eigenvalue weighted by molar-refractivity contribution is 0.373. The topological polar surface area (TPSA) is 21.3 Å². The van der Waals surface area contributed by atoms with Crippen molar-refractivity contribution in [1.29, 1.82) is 0 Å². The molecular weight excluding hydrogens is 265 g/mol. The standard InChI is InChI=1S/C18H24FNO/c1-20-14(8-10-3-6-15(21-2)13(19)7-10)18-16-11-4-5-12(9-11)17(16)18/h3,6-7,11-12,14,16-18,20H,4-5,8-9H2,1-2H3. The molecule has 2 bridgehead atoms. The zero-order valence-electron chi connectivity index (χ0n) is 12.8. The average molecular weight is 289 g/mol. The predicted octanol–water partition coefficient (Wildman–Crippen LogP) is 3.26. The zero-order chi connectivity index (χ0) is 14.6. The minimum Gasteiger partial charge on any atom is -0.494 e. The summed E-state index contributed by atoms with van der Waals surface area (Å²) in [7, 11) is 3.57. The number of ether oxygens (including phenoxy) is 1. The molecule has 0 aromatic heterocycles. The summed E-state index contributed by atoms with van der Waals surface area (Å²) in [5, 5.41) is 3.50. The van der Waals surface area contributed by atoms with Gasteiger partial charge < -0.3 is 10.1 Å². The molecule has 1 aromatic carbocycles. The smallest absolute Gasteiger partial charge is 0.165 e. The molecule has 0 saturated heterocycles. The molecule has 0 spiro atoms. The van der Waals surface area contributed by atoms with Crippen LogP contribution in [0.2, 0.25) is 0 Å². The molecule has 2 nitrogen and oxygen atoms in total. The minimum absolute atomic E-state index is 0.249. The highest BCUT2D eigenvalue weighted by Crippen LogP contribution is 2.70. The number of halogens is 1. The highest BCUT2D eigenvalue weighted by atomic mass is 19.1. The van der Waals surface area contributed by atoms with Crippen LogP contribution in [0.1, 0.15) is 24.8 Å². The number of fused-ring (bicyclic) bond motifs is 5. The normalized spacial score (nSPS) is 37.4. The van der Waals surface area contributed by atoms with E-state index >= 15 is 0 Å². The summed E-state index contributed by atoms with van der Waals surface area (Å²) in [5.41, 5.74) is 1.07. The number of hydrogen-bond acceptors (Lipinski definition) is 2. The Labute approximate surface area is 126 Å². The maximum Gasteiger partial charge on any atom is 0.165 e. The van der Waals surface area contributed by atoms with Crippen molar-refractivity contribution in [2.75, 3.05) is 14.2 Å². The second-order valence-corrected chi connectivity index (χ2v) is 7.13. The number of hydrogen-bond donors (Lipinski definition) is 1. The third kappa shape index (κ3) is 2.09. The van der Waals surface area contributed by atoms with Crippen LogP contribution in [0, 0.1) is 35.4 Å². The van der Waals surface area contributed by atoms with Gasteiger partial charge in [-0.05, 0) is 80.0 Å². The quantitative estimate of drug-likeness (QED) is 0.898. The Morgan fingerprint density at radius 1 is 1.29 bits per heavy atom. The van der Waals surface area contributed by atoms with Gasteiger partial charge in [0.1, 0.15) is 0 Å². The summed E-state index contributed by atoms with van der Waals surface area (Å²) in [4.78, 5) is 0. The van der Waals surface area contributed by atoms with E-state index in [-0.39, 0.29) is 5.82 Å². The lowest BCUT2D eigenvalue weighted by Crippen LogP contribution is -2.32. The summed E-state index contributed by atoms with van der Waals surface area (Å²) in [6.45, 7) is 0. The molecule has 1 N–H and O–H groups in total. The molecule has 3 aliphatic rings. The lowest BCUT2D eigenvalue weighted by Gasteiger charge is -2.20.